The molecule has 0 saturated heterocycles. The first-order chi connectivity index (χ1) is 8.44. The average molecular weight is 280 g/mol. The van der Waals surface area contributed by atoms with Crippen molar-refractivity contribution >= 4 is 32.2 Å². The first-order valence-electron chi connectivity index (χ1n) is 6.26. The van der Waals surface area contributed by atoms with Crippen LogP contribution in [0.25, 0.3) is 0 Å². The molecule has 0 aliphatic carbocycles. The Hall–Kier alpha value is -0.653. The Balaban J connectivity index is 1.80. The number of nitrogens with zero attached hydrogens (tertiary/aromatic N) is 2. The molecule has 2 aliphatic heterocycles. The SMILES string of the molecule is C[Si](C)(C)CCOCC1=NC2=NC=C(S)CC2=C1. The van der Waals surface area contributed by atoms with E-state index in [1.807, 2.05) is 0 Å². The third-order valence-corrected chi connectivity index (χ3v) is 4.81. The van der Waals surface area contributed by atoms with E-state index in [9.17, 15) is 0 Å². The van der Waals surface area contributed by atoms with Gasteiger partial charge in [0, 0.05) is 37.8 Å². The van der Waals surface area contributed by atoms with E-state index < -0.39 is 8.07 Å². The molecular weight excluding hydrogens is 260 g/mol. The summed E-state index contributed by atoms with van der Waals surface area (Å²) < 4.78 is 5.69. The normalized spacial score (nSPS) is 18.9. The van der Waals surface area contributed by atoms with Crippen molar-refractivity contribution in [2.24, 2.45) is 9.98 Å². The Morgan fingerprint density at radius 1 is 1.39 bits per heavy atom. The highest BCUT2D eigenvalue weighted by Crippen LogP contribution is 2.24. The molecule has 0 aromatic rings. The lowest BCUT2D eigenvalue weighted by molar-refractivity contribution is 0.187. The zero-order valence-corrected chi connectivity index (χ0v) is 13.1. The van der Waals surface area contributed by atoms with Gasteiger partial charge in [-0.2, -0.15) is 0 Å². The molecule has 18 heavy (non-hydrogen) atoms. The van der Waals surface area contributed by atoms with Crippen molar-refractivity contribution in [3.05, 3.63) is 22.8 Å². The third kappa shape index (κ3) is 3.93. The molecule has 2 rings (SSSR count). The molecule has 0 fully saturated rings. The molecule has 0 bridgehead atoms. The summed E-state index contributed by atoms with van der Waals surface area (Å²) in [6.07, 6.45) is 4.69. The van der Waals surface area contributed by atoms with E-state index in [4.69, 9.17) is 4.74 Å². The minimum atomic E-state index is -0.996. The van der Waals surface area contributed by atoms with Gasteiger partial charge in [-0.25, -0.2) is 9.98 Å². The molecule has 0 N–H and O–H groups in total. The van der Waals surface area contributed by atoms with Gasteiger partial charge in [0.15, 0.2) is 5.84 Å². The lowest BCUT2D eigenvalue weighted by atomic mass is 10.1. The van der Waals surface area contributed by atoms with Crippen molar-refractivity contribution in [2.75, 3.05) is 13.2 Å². The minimum absolute atomic E-state index is 0.592. The number of thiol groups is 1. The van der Waals surface area contributed by atoms with Gasteiger partial charge in [-0.05, 0) is 12.1 Å². The van der Waals surface area contributed by atoms with E-state index in [1.165, 1.54) is 6.04 Å². The van der Waals surface area contributed by atoms with Crippen LogP contribution in [-0.4, -0.2) is 32.8 Å². The highest BCUT2D eigenvalue weighted by molar-refractivity contribution is 7.84. The second-order valence-electron chi connectivity index (χ2n) is 5.89. The Morgan fingerprint density at radius 2 is 2.17 bits per heavy atom. The largest absolute Gasteiger partial charge is 0.375 e. The lowest BCUT2D eigenvalue weighted by Crippen LogP contribution is -2.22. The van der Waals surface area contributed by atoms with Crippen LogP contribution in [0.1, 0.15) is 6.42 Å². The number of aliphatic imine (C=N–C) groups is 2. The Bertz CT molecular complexity index is 458. The van der Waals surface area contributed by atoms with E-state index >= 15 is 0 Å². The maximum atomic E-state index is 5.69. The number of allylic oxidation sites excluding steroid dienone is 1. The molecule has 0 saturated carbocycles. The molecule has 3 nitrogen and oxygen atoms in total. The van der Waals surface area contributed by atoms with Gasteiger partial charge in [0.05, 0.1) is 12.3 Å². The van der Waals surface area contributed by atoms with E-state index in [1.54, 1.807) is 6.20 Å². The second kappa shape index (κ2) is 5.55. The fraction of sp³-hybridized carbons (Fsp3) is 0.538. The lowest BCUT2D eigenvalue weighted by Gasteiger charge is -2.14. The predicted octanol–water partition coefficient (Wildman–Crippen LogP) is 3.30. The van der Waals surface area contributed by atoms with Crippen LogP contribution in [-0.2, 0) is 4.74 Å². The number of ether oxygens (including phenoxy) is 1. The van der Waals surface area contributed by atoms with Crippen LogP contribution in [0.4, 0.5) is 0 Å². The van der Waals surface area contributed by atoms with Gasteiger partial charge in [0.2, 0.25) is 0 Å². The Morgan fingerprint density at radius 3 is 2.89 bits per heavy atom. The van der Waals surface area contributed by atoms with Crippen molar-refractivity contribution < 1.29 is 4.74 Å². The van der Waals surface area contributed by atoms with Gasteiger partial charge in [-0.1, -0.05) is 19.6 Å². The van der Waals surface area contributed by atoms with Crippen molar-refractivity contribution in [3.63, 3.8) is 0 Å². The van der Waals surface area contributed by atoms with Gasteiger partial charge in [-0.15, -0.1) is 12.6 Å². The summed E-state index contributed by atoms with van der Waals surface area (Å²) in [6, 6.07) is 1.19. The molecule has 0 spiro atoms. The zero-order valence-electron chi connectivity index (χ0n) is 11.2. The first-order valence-corrected chi connectivity index (χ1v) is 10.4. The Labute approximate surface area is 115 Å². The maximum absolute atomic E-state index is 5.69. The molecule has 0 aromatic heterocycles. The molecule has 0 amide bonds. The minimum Gasteiger partial charge on any atom is -0.375 e. The van der Waals surface area contributed by atoms with Crippen molar-refractivity contribution in [2.45, 2.75) is 32.1 Å². The van der Waals surface area contributed by atoms with Crippen LogP contribution in [0.15, 0.2) is 32.7 Å². The van der Waals surface area contributed by atoms with Crippen molar-refractivity contribution in [1.82, 2.24) is 0 Å². The molecule has 2 heterocycles. The number of hydrogen-bond donors (Lipinski definition) is 1. The van der Waals surface area contributed by atoms with E-state index in [0.29, 0.717) is 6.61 Å². The van der Waals surface area contributed by atoms with Crippen LogP contribution < -0.4 is 0 Å². The number of hydrogen-bond acceptors (Lipinski definition) is 4. The number of rotatable bonds is 5. The number of fused-ring (bicyclic) bond motifs is 1. The first kappa shape index (κ1) is 13.8. The standard InChI is InChI=1S/C13H20N2OSSi/c1-18(2,3)5-4-16-9-11-6-10-7-12(17)8-14-13(10)15-11/h6,8,17H,4-5,7,9H2,1-3H3. The summed E-state index contributed by atoms with van der Waals surface area (Å²) in [4.78, 5) is 9.71. The molecule has 5 heteroatoms. The van der Waals surface area contributed by atoms with Crippen LogP contribution in [0.2, 0.25) is 25.7 Å². The fourth-order valence-electron chi connectivity index (χ4n) is 1.75. The molecular formula is C13H20N2OSSi. The fourth-order valence-corrected chi connectivity index (χ4v) is 2.74. The predicted molar refractivity (Wildman–Crippen MR) is 83.6 cm³/mol. The molecule has 0 aromatic carbocycles. The molecule has 2 aliphatic rings. The third-order valence-electron chi connectivity index (χ3n) is 2.83. The smallest absolute Gasteiger partial charge is 0.155 e. The molecule has 0 radical (unpaired) electrons. The highest BCUT2D eigenvalue weighted by Gasteiger charge is 2.19. The second-order valence-corrected chi connectivity index (χ2v) is 12.1. The maximum Gasteiger partial charge on any atom is 0.155 e. The van der Waals surface area contributed by atoms with Crippen molar-refractivity contribution in [1.29, 1.82) is 0 Å². The van der Waals surface area contributed by atoms with Gasteiger partial charge < -0.3 is 4.74 Å². The van der Waals surface area contributed by atoms with Crippen LogP contribution in [0.3, 0.4) is 0 Å². The highest BCUT2D eigenvalue weighted by atomic mass is 32.1. The quantitative estimate of drug-likeness (QED) is 0.468. The van der Waals surface area contributed by atoms with Gasteiger partial charge in [0.1, 0.15) is 0 Å². The topological polar surface area (TPSA) is 34.0 Å². The molecule has 98 valence electrons. The Kier molecular flexibility index (Phi) is 4.24. The summed E-state index contributed by atoms with van der Waals surface area (Å²) in [6.45, 7) is 8.49. The molecule has 0 unspecified atom stereocenters. The summed E-state index contributed by atoms with van der Waals surface area (Å²) in [5, 5.41) is 0. The van der Waals surface area contributed by atoms with E-state index in [2.05, 4.69) is 48.3 Å². The van der Waals surface area contributed by atoms with Crippen LogP contribution >= 0.6 is 12.6 Å². The summed E-state index contributed by atoms with van der Waals surface area (Å²) in [7, 11) is -0.996. The molecule has 0 atom stereocenters. The van der Waals surface area contributed by atoms with Gasteiger partial charge >= 0.3 is 0 Å². The van der Waals surface area contributed by atoms with Gasteiger partial charge in [0.25, 0.3) is 0 Å². The average Bonchev–Trinajstić information content (AvgIpc) is 2.65. The van der Waals surface area contributed by atoms with Gasteiger partial charge in [-0.3, -0.25) is 0 Å². The monoisotopic (exact) mass is 280 g/mol. The zero-order chi connectivity index (χ0) is 13.2. The summed E-state index contributed by atoms with van der Waals surface area (Å²) in [5.74, 6) is 0.830. The van der Waals surface area contributed by atoms with Crippen LogP contribution in [0.5, 0.6) is 0 Å². The number of amidine groups is 1. The van der Waals surface area contributed by atoms with E-state index in [0.717, 1.165) is 35.1 Å². The summed E-state index contributed by atoms with van der Waals surface area (Å²) >= 11 is 4.33. The van der Waals surface area contributed by atoms with Crippen LogP contribution in [0, 0.1) is 0 Å². The van der Waals surface area contributed by atoms with E-state index in [-0.39, 0.29) is 0 Å². The summed E-state index contributed by atoms with van der Waals surface area (Å²) in [5.41, 5.74) is 2.14. The van der Waals surface area contributed by atoms with Crippen molar-refractivity contribution in [3.8, 4) is 0 Å².